The van der Waals surface area contributed by atoms with Crippen molar-refractivity contribution >= 4 is 21.7 Å². The van der Waals surface area contributed by atoms with Gasteiger partial charge in [0.05, 0.1) is 16.5 Å². The second-order valence-corrected chi connectivity index (χ2v) is 8.62. The minimum atomic E-state index is -3.34. The first kappa shape index (κ1) is 21.6. The lowest BCUT2D eigenvalue weighted by Gasteiger charge is -2.21. The highest BCUT2D eigenvalue weighted by Crippen LogP contribution is 2.19. The SMILES string of the molecule is CCC[C@H](NC(=O)[C@@H](C)OC(=O)c1ccc(S(C)(=O)=O)cc1)c1ccccc1. The molecule has 0 aliphatic carbocycles. The van der Waals surface area contributed by atoms with Crippen LogP contribution >= 0.6 is 0 Å². The molecule has 6 nitrogen and oxygen atoms in total. The van der Waals surface area contributed by atoms with Crippen LogP contribution in [0, 0.1) is 0 Å². The molecule has 0 bridgehead atoms. The molecule has 0 fully saturated rings. The Bertz CT molecular complexity index is 908. The fraction of sp³-hybridized carbons (Fsp3) is 0.333. The molecule has 1 amide bonds. The number of esters is 1. The maximum absolute atomic E-state index is 12.5. The molecule has 0 unspecified atom stereocenters. The van der Waals surface area contributed by atoms with Crippen molar-refractivity contribution < 1.29 is 22.7 Å². The van der Waals surface area contributed by atoms with Gasteiger partial charge in [-0.05, 0) is 43.2 Å². The summed E-state index contributed by atoms with van der Waals surface area (Å²) in [5.74, 6) is -1.07. The van der Waals surface area contributed by atoms with E-state index in [0.29, 0.717) is 0 Å². The van der Waals surface area contributed by atoms with Crippen LogP contribution in [0.5, 0.6) is 0 Å². The molecule has 2 aromatic rings. The Labute approximate surface area is 165 Å². The molecule has 0 aromatic heterocycles. The van der Waals surface area contributed by atoms with Crippen LogP contribution in [0.3, 0.4) is 0 Å². The molecule has 0 heterocycles. The molecule has 0 saturated heterocycles. The van der Waals surface area contributed by atoms with Crippen molar-refractivity contribution in [2.45, 2.75) is 43.7 Å². The molecular weight excluding hydrogens is 378 g/mol. The van der Waals surface area contributed by atoms with Crippen molar-refractivity contribution in [3.05, 3.63) is 65.7 Å². The molecule has 2 rings (SSSR count). The quantitative estimate of drug-likeness (QED) is 0.683. The smallest absolute Gasteiger partial charge is 0.338 e. The molecule has 0 aliphatic rings. The molecular formula is C21H25NO5S. The van der Waals surface area contributed by atoms with Gasteiger partial charge in [-0.2, -0.15) is 0 Å². The number of benzene rings is 2. The van der Waals surface area contributed by atoms with Crippen LogP contribution in [0.25, 0.3) is 0 Å². The van der Waals surface area contributed by atoms with Gasteiger partial charge in [0, 0.05) is 6.26 Å². The van der Waals surface area contributed by atoms with E-state index < -0.39 is 21.9 Å². The Morgan fingerprint density at radius 1 is 1.04 bits per heavy atom. The van der Waals surface area contributed by atoms with Crippen LogP contribution in [0.1, 0.15) is 48.7 Å². The summed E-state index contributed by atoms with van der Waals surface area (Å²) < 4.78 is 28.2. The molecule has 1 N–H and O–H groups in total. The number of rotatable bonds is 8. The number of amides is 1. The van der Waals surface area contributed by atoms with Gasteiger partial charge in [0.25, 0.3) is 5.91 Å². The molecule has 0 saturated carbocycles. The number of sulfone groups is 1. The maximum Gasteiger partial charge on any atom is 0.338 e. The number of nitrogens with one attached hydrogen (secondary N) is 1. The van der Waals surface area contributed by atoms with Crippen molar-refractivity contribution in [3.63, 3.8) is 0 Å². The van der Waals surface area contributed by atoms with Crippen molar-refractivity contribution in [1.29, 1.82) is 0 Å². The topological polar surface area (TPSA) is 89.5 Å². The lowest BCUT2D eigenvalue weighted by atomic mass is 10.0. The molecule has 0 radical (unpaired) electrons. The molecule has 0 spiro atoms. The van der Waals surface area contributed by atoms with Gasteiger partial charge in [-0.1, -0.05) is 43.7 Å². The first-order chi connectivity index (χ1) is 13.2. The van der Waals surface area contributed by atoms with Crippen LogP contribution in [0.4, 0.5) is 0 Å². The van der Waals surface area contributed by atoms with E-state index in [1.54, 1.807) is 0 Å². The van der Waals surface area contributed by atoms with Crippen molar-refractivity contribution in [2.24, 2.45) is 0 Å². The Kier molecular flexibility index (Phi) is 7.34. The molecule has 2 atom stereocenters. The molecule has 2 aromatic carbocycles. The zero-order valence-corrected chi connectivity index (χ0v) is 17.0. The number of hydrogen-bond donors (Lipinski definition) is 1. The number of ether oxygens (including phenoxy) is 1. The fourth-order valence-corrected chi connectivity index (χ4v) is 3.34. The van der Waals surface area contributed by atoms with Gasteiger partial charge in [0.1, 0.15) is 0 Å². The zero-order chi connectivity index (χ0) is 20.7. The molecule has 28 heavy (non-hydrogen) atoms. The second-order valence-electron chi connectivity index (χ2n) is 6.60. The number of carbonyl (C=O) groups is 2. The minimum Gasteiger partial charge on any atom is -0.449 e. The van der Waals surface area contributed by atoms with Gasteiger partial charge in [0.15, 0.2) is 15.9 Å². The monoisotopic (exact) mass is 403 g/mol. The third kappa shape index (κ3) is 5.92. The summed E-state index contributed by atoms with van der Waals surface area (Å²) in [5.41, 5.74) is 1.17. The Morgan fingerprint density at radius 3 is 2.18 bits per heavy atom. The predicted octanol–water partition coefficient (Wildman–Crippen LogP) is 3.29. The highest BCUT2D eigenvalue weighted by atomic mass is 32.2. The van der Waals surface area contributed by atoms with Crippen molar-refractivity contribution in [1.82, 2.24) is 5.32 Å². The second kappa shape index (κ2) is 9.50. The first-order valence-corrected chi connectivity index (χ1v) is 11.0. The molecule has 7 heteroatoms. The Hall–Kier alpha value is -2.67. The van der Waals surface area contributed by atoms with Gasteiger partial charge in [0.2, 0.25) is 0 Å². The largest absolute Gasteiger partial charge is 0.449 e. The van der Waals surface area contributed by atoms with E-state index in [1.165, 1.54) is 31.2 Å². The van der Waals surface area contributed by atoms with E-state index in [4.69, 9.17) is 4.74 Å². The Balaban J connectivity index is 2.01. The highest BCUT2D eigenvalue weighted by molar-refractivity contribution is 7.90. The summed E-state index contributed by atoms with van der Waals surface area (Å²) in [6.45, 7) is 3.54. The summed E-state index contributed by atoms with van der Waals surface area (Å²) in [6.07, 6.45) is 1.76. The maximum atomic E-state index is 12.5. The summed E-state index contributed by atoms with van der Waals surface area (Å²) in [4.78, 5) is 24.8. The van der Waals surface area contributed by atoms with E-state index >= 15 is 0 Å². The minimum absolute atomic E-state index is 0.111. The van der Waals surface area contributed by atoms with Gasteiger partial charge in [-0.15, -0.1) is 0 Å². The average molecular weight is 404 g/mol. The van der Waals surface area contributed by atoms with Gasteiger partial charge >= 0.3 is 5.97 Å². The third-order valence-electron chi connectivity index (χ3n) is 4.27. The number of hydrogen-bond acceptors (Lipinski definition) is 5. The van der Waals surface area contributed by atoms with E-state index in [1.807, 2.05) is 37.3 Å². The lowest BCUT2D eigenvalue weighted by molar-refractivity contribution is -0.129. The molecule has 150 valence electrons. The summed E-state index contributed by atoms with van der Waals surface area (Å²) >= 11 is 0. The van der Waals surface area contributed by atoms with E-state index in [2.05, 4.69) is 5.32 Å². The summed E-state index contributed by atoms with van der Waals surface area (Å²) in [5, 5.41) is 2.92. The van der Waals surface area contributed by atoms with E-state index in [0.717, 1.165) is 24.7 Å². The normalized spacial score (nSPS) is 13.4. The standard InChI is InChI=1S/C21H25NO5S/c1-4-8-19(16-9-6-5-7-10-16)22-20(23)15(2)27-21(24)17-11-13-18(14-12-17)28(3,25)26/h5-7,9-15,19H,4,8H2,1-3H3,(H,22,23)/t15-,19+/m1/s1. The fourth-order valence-electron chi connectivity index (χ4n) is 2.71. The van der Waals surface area contributed by atoms with Crippen molar-refractivity contribution in [3.8, 4) is 0 Å². The summed E-state index contributed by atoms with van der Waals surface area (Å²) in [6, 6.07) is 14.9. The Morgan fingerprint density at radius 2 is 1.64 bits per heavy atom. The van der Waals surface area contributed by atoms with Crippen LogP contribution in [-0.4, -0.2) is 32.7 Å². The highest BCUT2D eigenvalue weighted by Gasteiger charge is 2.22. The zero-order valence-electron chi connectivity index (χ0n) is 16.2. The number of carbonyl (C=O) groups excluding carboxylic acids is 2. The van der Waals surface area contributed by atoms with Crippen molar-refractivity contribution in [2.75, 3.05) is 6.26 Å². The van der Waals surface area contributed by atoms with Crippen LogP contribution < -0.4 is 5.32 Å². The first-order valence-electron chi connectivity index (χ1n) is 9.08. The lowest BCUT2D eigenvalue weighted by Crippen LogP contribution is -2.38. The van der Waals surface area contributed by atoms with Gasteiger partial charge in [-0.25, -0.2) is 13.2 Å². The van der Waals surface area contributed by atoms with Gasteiger partial charge in [-0.3, -0.25) is 4.79 Å². The van der Waals surface area contributed by atoms with Gasteiger partial charge < -0.3 is 10.1 Å². The predicted molar refractivity (Wildman–Crippen MR) is 107 cm³/mol. The summed E-state index contributed by atoms with van der Waals surface area (Å²) in [7, 11) is -3.34. The van der Waals surface area contributed by atoms with E-state index in [-0.39, 0.29) is 22.4 Å². The van der Waals surface area contributed by atoms with Crippen LogP contribution in [0.15, 0.2) is 59.5 Å². The molecule has 0 aliphatic heterocycles. The van der Waals surface area contributed by atoms with Crippen LogP contribution in [0.2, 0.25) is 0 Å². The van der Waals surface area contributed by atoms with Crippen LogP contribution in [-0.2, 0) is 19.4 Å². The third-order valence-corrected chi connectivity index (χ3v) is 5.40. The average Bonchev–Trinajstić information content (AvgIpc) is 2.67. The van der Waals surface area contributed by atoms with E-state index in [9.17, 15) is 18.0 Å².